The molecule has 0 bridgehead atoms. The zero-order valence-electron chi connectivity index (χ0n) is 14.7. The highest BCUT2D eigenvalue weighted by molar-refractivity contribution is 8.01. The van der Waals surface area contributed by atoms with E-state index < -0.39 is 0 Å². The Morgan fingerprint density at radius 2 is 2.04 bits per heavy atom. The van der Waals surface area contributed by atoms with Gasteiger partial charge in [-0.05, 0) is 30.7 Å². The van der Waals surface area contributed by atoms with Gasteiger partial charge in [-0.15, -0.1) is 10.2 Å². The third kappa shape index (κ3) is 5.58. The van der Waals surface area contributed by atoms with E-state index in [-0.39, 0.29) is 5.91 Å². The number of rotatable bonds is 8. The summed E-state index contributed by atoms with van der Waals surface area (Å²) in [6.07, 6.45) is 1.04. The molecule has 2 aromatic rings. The molecule has 2 N–H and O–H groups in total. The van der Waals surface area contributed by atoms with Gasteiger partial charge in [-0.1, -0.05) is 30.0 Å². The molecule has 1 aromatic carbocycles. The van der Waals surface area contributed by atoms with Crippen LogP contribution in [0.15, 0.2) is 28.6 Å². The van der Waals surface area contributed by atoms with Gasteiger partial charge in [0.2, 0.25) is 11.0 Å². The first kappa shape index (κ1) is 18.9. The van der Waals surface area contributed by atoms with Crippen molar-refractivity contribution < 1.29 is 9.53 Å². The minimum atomic E-state index is -0.0487. The van der Waals surface area contributed by atoms with Gasteiger partial charge in [0.05, 0.1) is 19.0 Å². The number of morpholine rings is 1. The quantitative estimate of drug-likeness (QED) is 0.668. The van der Waals surface area contributed by atoms with Gasteiger partial charge in [0.15, 0.2) is 4.34 Å². The maximum atomic E-state index is 12.1. The van der Waals surface area contributed by atoms with E-state index in [1.807, 2.05) is 24.3 Å². The molecule has 0 saturated carbocycles. The van der Waals surface area contributed by atoms with Crippen LogP contribution in [0.25, 0.3) is 0 Å². The molecule has 0 atom stereocenters. The van der Waals surface area contributed by atoms with Gasteiger partial charge in [-0.2, -0.15) is 0 Å². The number of carbonyl (C=O) groups is 1. The van der Waals surface area contributed by atoms with Crippen LogP contribution in [0.5, 0.6) is 0 Å². The van der Waals surface area contributed by atoms with E-state index in [9.17, 15) is 4.79 Å². The molecule has 2 heterocycles. The molecule has 3 rings (SSSR count). The molecular formula is C17H23N5O2S2. The lowest BCUT2D eigenvalue weighted by Crippen LogP contribution is -2.36. The van der Waals surface area contributed by atoms with Crippen molar-refractivity contribution in [1.82, 2.24) is 10.2 Å². The van der Waals surface area contributed by atoms with Crippen LogP contribution in [-0.4, -0.2) is 54.7 Å². The maximum absolute atomic E-state index is 12.1. The standard InChI is InChI=1S/C17H23N5O2S2/c1-2-7-18-16-20-21-17(26-16)25-12-15(23)19-13-3-5-14(6-4-13)22-8-10-24-11-9-22/h3-6H,2,7-12H2,1H3,(H,18,20)(H,19,23). The molecule has 140 valence electrons. The Bertz CT molecular complexity index is 701. The first-order valence-electron chi connectivity index (χ1n) is 8.67. The van der Waals surface area contributed by atoms with Gasteiger partial charge in [0.1, 0.15) is 0 Å². The first-order chi connectivity index (χ1) is 12.7. The number of amides is 1. The number of benzene rings is 1. The van der Waals surface area contributed by atoms with E-state index >= 15 is 0 Å². The van der Waals surface area contributed by atoms with Gasteiger partial charge in [0.25, 0.3) is 0 Å². The zero-order valence-corrected chi connectivity index (χ0v) is 16.4. The largest absolute Gasteiger partial charge is 0.378 e. The summed E-state index contributed by atoms with van der Waals surface area (Å²) in [4.78, 5) is 14.4. The van der Waals surface area contributed by atoms with Crippen LogP contribution in [0.1, 0.15) is 13.3 Å². The predicted molar refractivity (Wildman–Crippen MR) is 108 cm³/mol. The molecule has 0 aliphatic carbocycles. The maximum Gasteiger partial charge on any atom is 0.234 e. The van der Waals surface area contributed by atoms with Crippen LogP contribution in [0.3, 0.4) is 0 Å². The SMILES string of the molecule is CCCNc1nnc(SCC(=O)Nc2ccc(N3CCOCC3)cc2)s1. The summed E-state index contributed by atoms with van der Waals surface area (Å²) in [7, 11) is 0. The number of nitrogens with one attached hydrogen (secondary N) is 2. The third-order valence-corrected chi connectivity index (χ3v) is 5.80. The molecule has 1 fully saturated rings. The number of ether oxygens (including phenoxy) is 1. The van der Waals surface area contributed by atoms with Crippen LogP contribution in [0.2, 0.25) is 0 Å². The molecule has 1 amide bonds. The van der Waals surface area contributed by atoms with Gasteiger partial charge in [0, 0.05) is 31.0 Å². The zero-order chi connectivity index (χ0) is 18.2. The molecule has 1 saturated heterocycles. The third-order valence-electron chi connectivity index (χ3n) is 3.79. The van der Waals surface area contributed by atoms with E-state index in [1.54, 1.807) is 0 Å². The van der Waals surface area contributed by atoms with Crippen LogP contribution in [0, 0.1) is 0 Å². The molecule has 26 heavy (non-hydrogen) atoms. The fourth-order valence-electron chi connectivity index (χ4n) is 2.47. The summed E-state index contributed by atoms with van der Waals surface area (Å²) in [6, 6.07) is 7.94. The van der Waals surface area contributed by atoms with Crippen LogP contribution in [0.4, 0.5) is 16.5 Å². The Hall–Kier alpha value is -1.84. The second-order valence-corrected chi connectivity index (χ2v) is 7.98. The average Bonchev–Trinajstić information content (AvgIpc) is 3.14. The first-order valence-corrected chi connectivity index (χ1v) is 10.5. The molecule has 0 spiro atoms. The Morgan fingerprint density at radius 1 is 1.27 bits per heavy atom. The van der Waals surface area contributed by atoms with Crippen LogP contribution in [-0.2, 0) is 9.53 Å². The van der Waals surface area contributed by atoms with Crippen molar-refractivity contribution in [2.75, 3.05) is 54.1 Å². The Labute approximate surface area is 161 Å². The molecule has 0 radical (unpaired) electrons. The van der Waals surface area contributed by atoms with Gasteiger partial charge < -0.3 is 20.3 Å². The number of nitrogens with zero attached hydrogens (tertiary/aromatic N) is 3. The second-order valence-electron chi connectivity index (χ2n) is 5.78. The summed E-state index contributed by atoms with van der Waals surface area (Å²) in [5, 5.41) is 15.1. The fourth-order valence-corrected chi connectivity index (χ4v) is 4.05. The fraction of sp³-hybridized carbons (Fsp3) is 0.471. The molecule has 1 aliphatic heterocycles. The monoisotopic (exact) mass is 393 g/mol. The highest BCUT2D eigenvalue weighted by atomic mass is 32.2. The number of anilines is 3. The predicted octanol–water partition coefficient (Wildman–Crippen LogP) is 2.93. The molecular weight excluding hydrogens is 370 g/mol. The number of hydrogen-bond donors (Lipinski definition) is 2. The lowest BCUT2D eigenvalue weighted by Gasteiger charge is -2.28. The normalized spacial score (nSPS) is 14.3. The highest BCUT2D eigenvalue weighted by Gasteiger charge is 2.12. The summed E-state index contributed by atoms with van der Waals surface area (Å²) in [6.45, 7) is 6.30. The van der Waals surface area contributed by atoms with Gasteiger partial charge in [-0.25, -0.2) is 0 Å². The summed E-state index contributed by atoms with van der Waals surface area (Å²) < 4.78 is 6.16. The summed E-state index contributed by atoms with van der Waals surface area (Å²) >= 11 is 2.87. The topological polar surface area (TPSA) is 79.4 Å². The Kier molecular flexibility index (Phi) is 7.10. The number of carbonyl (C=O) groups excluding carboxylic acids is 1. The van der Waals surface area contributed by atoms with Gasteiger partial charge >= 0.3 is 0 Å². The smallest absolute Gasteiger partial charge is 0.234 e. The summed E-state index contributed by atoms with van der Waals surface area (Å²) in [5.41, 5.74) is 1.96. The van der Waals surface area contributed by atoms with E-state index in [4.69, 9.17) is 4.74 Å². The Morgan fingerprint density at radius 3 is 2.77 bits per heavy atom. The Balaban J connectivity index is 1.44. The minimum Gasteiger partial charge on any atom is -0.378 e. The van der Waals surface area contributed by atoms with E-state index in [0.29, 0.717) is 5.75 Å². The lowest BCUT2D eigenvalue weighted by atomic mass is 10.2. The van der Waals surface area contributed by atoms with Crippen molar-refractivity contribution >= 4 is 45.5 Å². The van der Waals surface area contributed by atoms with E-state index in [2.05, 4.69) is 32.7 Å². The van der Waals surface area contributed by atoms with Crippen LogP contribution >= 0.6 is 23.1 Å². The molecule has 7 nitrogen and oxygen atoms in total. The number of thioether (sulfide) groups is 1. The number of hydrogen-bond acceptors (Lipinski definition) is 8. The minimum absolute atomic E-state index is 0.0487. The van der Waals surface area contributed by atoms with Crippen molar-refractivity contribution in [3.8, 4) is 0 Å². The van der Waals surface area contributed by atoms with Gasteiger partial charge in [-0.3, -0.25) is 4.79 Å². The van der Waals surface area contributed by atoms with E-state index in [0.717, 1.165) is 60.1 Å². The second kappa shape index (κ2) is 9.75. The van der Waals surface area contributed by atoms with E-state index in [1.165, 1.54) is 23.1 Å². The number of aromatic nitrogens is 2. The van der Waals surface area contributed by atoms with Crippen molar-refractivity contribution in [1.29, 1.82) is 0 Å². The van der Waals surface area contributed by atoms with Crippen molar-refractivity contribution in [3.63, 3.8) is 0 Å². The molecule has 1 aliphatic rings. The summed E-state index contributed by atoms with van der Waals surface area (Å²) in [5.74, 6) is 0.264. The molecule has 9 heteroatoms. The van der Waals surface area contributed by atoms with Crippen LogP contribution < -0.4 is 15.5 Å². The van der Waals surface area contributed by atoms with Crippen molar-refractivity contribution in [2.24, 2.45) is 0 Å². The molecule has 0 unspecified atom stereocenters. The lowest BCUT2D eigenvalue weighted by molar-refractivity contribution is -0.113. The molecule has 1 aromatic heterocycles. The van der Waals surface area contributed by atoms with Crippen molar-refractivity contribution in [3.05, 3.63) is 24.3 Å². The van der Waals surface area contributed by atoms with Crippen molar-refractivity contribution in [2.45, 2.75) is 17.7 Å². The highest BCUT2D eigenvalue weighted by Crippen LogP contribution is 2.25. The average molecular weight is 394 g/mol.